The van der Waals surface area contributed by atoms with Gasteiger partial charge in [0.15, 0.2) is 0 Å². The second kappa shape index (κ2) is 46.6. The molecular weight excluding hydrogens is 719 g/mol. The van der Waals surface area contributed by atoms with Crippen molar-refractivity contribution in [1.82, 2.24) is 5.32 Å². The van der Waals surface area contributed by atoms with Gasteiger partial charge in [0, 0.05) is 0 Å². The van der Waals surface area contributed by atoms with Crippen molar-refractivity contribution in [1.29, 1.82) is 0 Å². The third-order valence-electron chi connectivity index (χ3n) is 11.8. The Labute approximate surface area is 360 Å². The summed E-state index contributed by atoms with van der Waals surface area (Å²) in [5, 5.41) is 43.8. The number of rotatable bonds is 46. The lowest BCUT2D eigenvalue weighted by atomic mass is 10.00. The average Bonchev–Trinajstić information content (AvgIpc) is 3.23. The molecular formula is C52H99NO5. The quantitative estimate of drug-likeness (QED) is 0.0310. The minimum absolute atomic E-state index is 0.350. The Morgan fingerprint density at radius 3 is 1.17 bits per heavy atom. The van der Waals surface area contributed by atoms with Gasteiger partial charge >= 0.3 is 0 Å². The van der Waals surface area contributed by atoms with Gasteiger partial charge in [-0.3, -0.25) is 4.79 Å². The van der Waals surface area contributed by atoms with Crippen LogP contribution in [0, 0.1) is 0 Å². The van der Waals surface area contributed by atoms with Crippen molar-refractivity contribution < 1.29 is 25.2 Å². The number of allylic oxidation sites excluding steroid dienone is 6. The van der Waals surface area contributed by atoms with Crippen LogP contribution in [0.3, 0.4) is 0 Å². The molecule has 0 radical (unpaired) electrons. The first-order valence-corrected chi connectivity index (χ1v) is 25.4. The van der Waals surface area contributed by atoms with Gasteiger partial charge in [0.05, 0.1) is 18.8 Å². The SMILES string of the molecule is CCCCC/C=C\C/C=C\CCCCCCCCC(O)C(=O)NC(CO)C(O)C(O)CCC/C=C/CCCCCCCCCCCCCCCCCCCCCCC. The molecule has 0 spiro atoms. The molecule has 0 bridgehead atoms. The Hall–Kier alpha value is -1.47. The fraction of sp³-hybridized carbons (Fsp3) is 0.865. The monoisotopic (exact) mass is 818 g/mol. The van der Waals surface area contributed by atoms with E-state index in [1.54, 1.807) is 0 Å². The summed E-state index contributed by atoms with van der Waals surface area (Å²) in [6, 6.07) is -1.01. The number of hydrogen-bond acceptors (Lipinski definition) is 5. The molecule has 342 valence electrons. The van der Waals surface area contributed by atoms with E-state index in [4.69, 9.17) is 0 Å². The van der Waals surface area contributed by atoms with Crippen LogP contribution in [0.4, 0.5) is 0 Å². The molecule has 0 saturated carbocycles. The largest absolute Gasteiger partial charge is 0.394 e. The molecule has 5 N–H and O–H groups in total. The molecule has 1 amide bonds. The highest BCUT2D eigenvalue weighted by atomic mass is 16.3. The number of hydrogen-bond donors (Lipinski definition) is 5. The van der Waals surface area contributed by atoms with Gasteiger partial charge in [-0.1, -0.05) is 224 Å². The zero-order chi connectivity index (χ0) is 42.4. The minimum atomic E-state index is -1.29. The molecule has 0 aromatic heterocycles. The maximum Gasteiger partial charge on any atom is 0.249 e. The van der Waals surface area contributed by atoms with E-state index < -0.39 is 36.9 Å². The van der Waals surface area contributed by atoms with E-state index in [0.29, 0.717) is 12.8 Å². The molecule has 0 aliphatic heterocycles. The Balaban J connectivity index is 3.69. The van der Waals surface area contributed by atoms with Crippen LogP contribution < -0.4 is 5.32 Å². The van der Waals surface area contributed by atoms with E-state index in [1.807, 2.05) is 0 Å². The first-order valence-electron chi connectivity index (χ1n) is 25.4. The summed E-state index contributed by atoms with van der Waals surface area (Å²) in [5.74, 6) is -0.601. The summed E-state index contributed by atoms with van der Waals surface area (Å²) >= 11 is 0. The molecule has 0 aromatic rings. The highest BCUT2D eigenvalue weighted by molar-refractivity contribution is 5.80. The molecule has 0 rings (SSSR count). The predicted octanol–water partition coefficient (Wildman–Crippen LogP) is 14.1. The maximum absolute atomic E-state index is 12.5. The zero-order valence-electron chi connectivity index (χ0n) is 38.5. The van der Waals surface area contributed by atoms with Gasteiger partial charge in [-0.25, -0.2) is 0 Å². The maximum atomic E-state index is 12.5. The zero-order valence-corrected chi connectivity index (χ0v) is 38.5. The summed E-state index contributed by atoms with van der Waals surface area (Å²) in [6.07, 6.45) is 56.3. The smallest absolute Gasteiger partial charge is 0.249 e. The van der Waals surface area contributed by atoms with Crippen LogP contribution in [-0.4, -0.2) is 57.3 Å². The normalized spacial score (nSPS) is 14.2. The van der Waals surface area contributed by atoms with Crippen molar-refractivity contribution >= 4 is 5.91 Å². The molecule has 0 heterocycles. The van der Waals surface area contributed by atoms with Gasteiger partial charge in [-0.05, 0) is 70.6 Å². The predicted molar refractivity (Wildman–Crippen MR) is 251 cm³/mol. The van der Waals surface area contributed by atoms with E-state index in [2.05, 4.69) is 55.6 Å². The third kappa shape index (κ3) is 40.0. The third-order valence-corrected chi connectivity index (χ3v) is 11.8. The standard InChI is InChI=1S/C52H99NO5/c1-3-5-7-9-11-13-15-17-19-21-22-23-24-25-26-27-28-29-30-32-33-35-37-39-41-43-45-49(55)51(57)48(47-54)53-52(58)50(56)46-44-42-40-38-36-34-31-20-18-16-14-12-10-8-6-4-2/h12,14,18,20,37,39,48-51,54-57H,3-11,13,15-17,19,21-36,38,40-47H2,1-2H3,(H,53,58)/b14-12-,20-18-,39-37+. The second-order valence-electron chi connectivity index (χ2n) is 17.5. The molecule has 0 saturated heterocycles. The molecule has 6 nitrogen and oxygen atoms in total. The second-order valence-corrected chi connectivity index (χ2v) is 17.5. The van der Waals surface area contributed by atoms with Gasteiger partial charge in [-0.15, -0.1) is 0 Å². The molecule has 4 unspecified atom stereocenters. The van der Waals surface area contributed by atoms with E-state index in [9.17, 15) is 25.2 Å². The van der Waals surface area contributed by atoms with Crippen LogP contribution in [0.1, 0.15) is 258 Å². The molecule has 58 heavy (non-hydrogen) atoms. The van der Waals surface area contributed by atoms with Gasteiger partial charge in [-0.2, -0.15) is 0 Å². The van der Waals surface area contributed by atoms with Crippen molar-refractivity contribution in [3.8, 4) is 0 Å². The van der Waals surface area contributed by atoms with Gasteiger partial charge in [0.2, 0.25) is 5.91 Å². The van der Waals surface area contributed by atoms with Gasteiger partial charge in [0.1, 0.15) is 12.2 Å². The van der Waals surface area contributed by atoms with Crippen molar-refractivity contribution in [3.05, 3.63) is 36.5 Å². The minimum Gasteiger partial charge on any atom is -0.394 e. The Kier molecular flexibility index (Phi) is 45.4. The van der Waals surface area contributed by atoms with Gasteiger partial charge < -0.3 is 25.7 Å². The number of carbonyl (C=O) groups is 1. The van der Waals surface area contributed by atoms with Crippen LogP contribution in [0.15, 0.2) is 36.5 Å². The van der Waals surface area contributed by atoms with Crippen molar-refractivity contribution in [2.75, 3.05) is 6.61 Å². The highest BCUT2D eigenvalue weighted by Crippen LogP contribution is 2.17. The number of aliphatic hydroxyl groups is 4. The molecule has 0 aliphatic carbocycles. The van der Waals surface area contributed by atoms with E-state index >= 15 is 0 Å². The Morgan fingerprint density at radius 1 is 0.431 bits per heavy atom. The number of amides is 1. The summed E-state index contributed by atoms with van der Waals surface area (Å²) in [4.78, 5) is 12.5. The summed E-state index contributed by atoms with van der Waals surface area (Å²) in [7, 11) is 0. The summed E-state index contributed by atoms with van der Waals surface area (Å²) in [6.45, 7) is 4.03. The highest BCUT2D eigenvalue weighted by Gasteiger charge is 2.28. The lowest BCUT2D eigenvalue weighted by Gasteiger charge is -2.27. The van der Waals surface area contributed by atoms with Crippen LogP contribution >= 0.6 is 0 Å². The fourth-order valence-electron chi connectivity index (χ4n) is 7.79. The van der Waals surface area contributed by atoms with Gasteiger partial charge in [0.25, 0.3) is 0 Å². The number of unbranched alkanes of at least 4 members (excludes halogenated alkanes) is 31. The first-order chi connectivity index (χ1) is 28.5. The Morgan fingerprint density at radius 2 is 0.759 bits per heavy atom. The molecule has 0 fully saturated rings. The van der Waals surface area contributed by atoms with E-state index in [1.165, 1.54) is 173 Å². The number of aliphatic hydroxyl groups excluding tert-OH is 4. The molecule has 6 heteroatoms. The topological polar surface area (TPSA) is 110 Å². The fourth-order valence-corrected chi connectivity index (χ4v) is 7.79. The molecule has 0 aliphatic rings. The summed E-state index contributed by atoms with van der Waals surface area (Å²) < 4.78 is 0. The van der Waals surface area contributed by atoms with E-state index in [0.717, 1.165) is 57.8 Å². The van der Waals surface area contributed by atoms with E-state index in [-0.39, 0.29) is 0 Å². The van der Waals surface area contributed by atoms with Crippen molar-refractivity contribution in [2.45, 2.75) is 282 Å². The average molecular weight is 818 g/mol. The van der Waals surface area contributed by atoms with Crippen molar-refractivity contribution in [2.24, 2.45) is 0 Å². The number of carbonyl (C=O) groups excluding carboxylic acids is 1. The lowest BCUT2D eigenvalue weighted by Crippen LogP contribution is -2.53. The molecule has 0 aromatic carbocycles. The number of nitrogens with one attached hydrogen (secondary N) is 1. The molecule has 4 atom stereocenters. The summed E-state index contributed by atoms with van der Waals surface area (Å²) in [5.41, 5.74) is 0. The lowest BCUT2D eigenvalue weighted by molar-refractivity contribution is -0.132. The Bertz CT molecular complexity index is 919. The van der Waals surface area contributed by atoms with Crippen molar-refractivity contribution in [3.63, 3.8) is 0 Å². The van der Waals surface area contributed by atoms with Crippen LogP contribution in [0.5, 0.6) is 0 Å². The van der Waals surface area contributed by atoms with Crippen LogP contribution in [0.25, 0.3) is 0 Å². The van der Waals surface area contributed by atoms with Crippen LogP contribution in [0.2, 0.25) is 0 Å². The van der Waals surface area contributed by atoms with Crippen LogP contribution in [-0.2, 0) is 4.79 Å². The first kappa shape index (κ1) is 56.5.